The first-order valence-corrected chi connectivity index (χ1v) is 11.4. The van der Waals surface area contributed by atoms with Crippen LogP contribution in [0.25, 0.3) is 5.76 Å². The fourth-order valence-corrected chi connectivity index (χ4v) is 4.67. The molecule has 1 aliphatic heterocycles. The van der Waals surface area contributed by atoms with Crippen molar-refractivity contribution in [2.45, 2.75) is 10.4 Å². The van der Waals surface area contributed by atoms with Gasteiger partial charge >= 0.3 is 5.91 Å². The number of hydrogen-bond donors (Lipinski definition) is 1. The van der Waals surface area contributed by atoms with E-state index >= 15 is 0 Å². The Morgan fingerprint density at radius 2 is 1.63 bits per heavy atom. The minimum atomic E-state index is -0.874. The Bertz CT molecular complexity index is 1160. The van der Waals surface area contributed by atoms with Crippen LogP contribution in [0.1, 0.15) is 17.2 Å². The van der Waals surface area contributed by atoms with E-state index in [-0.39, 0.29) is 16.5 Å². The molecule has 3 aromatic rings. The predicted octanol–water partition coefficient (Wildman–Crippen LogP) is 5.19. The van der Waals surface area contributed by atoms with Gasteiger partial charge < -0.3 is 5.11 Å². The van der Waals surface area contributed by atoms with Crippen LogP contribution in [-0.2, 0) is 9.59 Å². The quantitative estimate of drug-likeness (QED) is 0.183. The van der Waals surface area contributed by atoms with E-state index < -0.39 is 17.7 Å². The fourth-order valence-electron chi connectivity index (χ4n) is 3.14. The van der Waals surface area contributed by atoms with E-state index in [4.69, 9.17) is 23.2 Å². The Morgan fingerprint density at radius 3 is 2.20 bits per heavy atom. The number of aliphatic hydroxyl groups is 1. The molecule has 0 saturated carbocycles. The fraction of sp³-hybridized carbons (Fsp3) is 0.100. The molecule has 1 saturated heterocycles. The molecule has 0 radical (unpaired) electrons. The highest BCUT2D eigenvalue weighted by Crippen LogP contribution is 2.43. The highest BCUT2D eigenvalue weighted by Gasteiger charge is 2.48. The van der Waals surface area contributed by atoms with Crippen molar-refractivity contribution in [2.24, 2.45) is 0 Å². The summed E-state index contributed by atoms with van der Waals surface area (Å²) in [5, 5.41) is 20.4. The first kappa shape index (κ1) is 20.9. The maximum Gasteiger partial charge on any atom is 0.301 e. The summed E-state index contributed by atoms with van der Waals surface area (Å²) in [7, 11) is 0. The van der Waals surface area contributed by atoms with Crippen molar-refractivity contribution in [3.63, 3.8) is 0 Å². The number of carbonyl (C=O) groups is 2. The van der Waals surface area contributed by atoms with Gasteiger partial charge in [-0.05, 0) is 48.2 Å². The molecular weight excluding hydrogens is 465 g/mol. The lowest BCUT2D eigenvalue weighted by atomic mass is 9.95. The molecule has 10 heteroatoms. The van der Waals surface area contributed by atoms with E-state index in [1.54, 1.807) is 48.5 Å². The number of hydrogen-bond acceptors (Lipinski definition) is 7. The molecule has 1 N–H and O–H groups in total. The van der Waals surface area contributed by atoms with Gasteiger partial charge in [-0.1, -0.05) is 58.4 Å². The summed E-state index contributed by atoms with van der Waals surface area (Å²) in [6, 6.07) is 12.2. The Morgan fingerprint density at radius 1 is 1.03 bits per heavy atom. The van der Waals surface area contributed by atoms with Crippen LogP contribution in [0.2, 0.25) is 10.0 Å². The maximum absolute atomic E-state index is 13.0. The normalized spacial score (nSPS) is 18.2. The number of nitrogens with zero attached hydrogens (tertiary/aromatic N) is 3. The summed E-state index contributed by atoms with van der Waals surface area (Å²) in [5.41, 5.74) is 0.944. The topological polar surface area (TPSA) is 83.4 Å². The molecule has 1 fully saturated rings. The first-order valence-electron chi connectivity index (χ1n) is 8.60. The molecule has 152 valence electrons. The number of ketones is 1. The molecule has 0 bridgehead atoms. The van der Waals surface area contributed by atoms with Crippen molar-refractivity contribution < 1.29 is 14.7 Å². The van der Waals surface area contributed by atoms with Gasteiger partial charge in [0, 0.05) is 15.6 Å². The highest BCUT2D eigenvalue weighted by molar-refractivity contribution is 8.00. The molecule has 1 aliphatic rings. The number of Topliss-reactive ketones (excluding diaryl/α,β-unsaturated/α-hetero) is 1. The summed E-state index contributed by atoms with van der Waals surface area (Å²) >= 11 is 14.5. The molecule has 6 nitrogen and oxygen atoms in total. The Balaban J connectivity index is 1.92. The van der Waals surface area contributed by atoms with Gasteiger partial charge in [0.15, 0.2) is 4.34 Å². The molecule has 0 spiro atoms. The van der Waals surface area contributed by atoms with Crippen molar-refractivity contribution in [1.29, 1.82) is 0 Å². The van der Waals surface area contributed by atoms with Crippen LogP contribution in [0, 0.1) is 0 Å². The molecule has 1 amide bonds. The van der Waals surface area contributed by atoms with Gasteiger partial charge in [-0.2, -0.15) is 0 Å². The average Bonchev–Trinajstić information content (AvgIpc) is 3.31. The van der Waals surface area contributed by atoms with Crippen molar-refractivity contribution in [3.05, 3.63) is 75.3 Å². The molecule has 2 aromatic carbocycles. The summed E-state index contributed by atoms with van der Waals surface area (Å²) < 4.78 is 0.652. The Hall–Kier alpha value is -2.39. The van der Waals surface area contributed by atoms with Crippen molar-refractivity contribution in [3.8, 4) is 0 Å². The van der Waals surface area contributed by atoms with Crippen molar-refractivity contribution >= 4 is 68.9 Å². The lowest BCUT2D eigenvalue weighted by Gasteiger charge is -2.22. The van der Waals surface area contributed by atoms with E-state index in [1.807, 2.05) is 6.26 Å². The minimum Gasteiger partial charge on any atom is -0.507 e. The lowest BCUT2D eigenvalue weighted by molar-refractivity contribution is -0.132. The van der Waals surface area contributed by atoms with Crippen molar-refractivity contribution in [1.82, 2.24) is 10.2 Å². The van der Waals surface area contributed by atoms with Gasteiger partial charge in [-0.3, -0.25) is 14.5 Å². The van der Waals surface area contributed by atoms with E-state index in [2.05, 4.69) is 10.2 Å². The first-order chi connectivity index (χ1) is 14.4. The van der Waals surface area contributed by atoms with Gasteiger partial charge in [0.05, 0.1) is 11.6 Å². The lowest BCUT2D eigenvalue weighted by Crippen LogP contribution is -2.29. The number of amides is 1. The van der Waals surface area contributed by atoms with E-state index in [0.29, 0.717) is 25.5 Å². The monoisotopic (exact) mass is 477 g/mol. The number of halogens is 2. The molecular formula is C20H13Cl2N3O3S2. The molecule has 1 aromatic heterocycles. The second-order valence-corrected chi connectivity index (χ2v) is 9.16. The Labute approximate surface area is 190 Å². The zero-order valence-corrected chi connectivity index (χ0v) is 18.5. The zero-order chi connectivity index (χ0) is 21.4. The maximum atomic E-state index is 13.0. The third-order valence-corrected chi connectivity index (χ3v) is 6.93. The number of aromatic nitrogens is 2. The van der Waals surface area contributed by atoms with Crippen LogP contribution in [0.15, 0.2) is 58.4 Å². The number of thioether (sulfide) groups is 1. The standard InChI is InChI=1S/C20H13Cl2N3O3S2/c1-29-20-24-23-19(30-20)25-15(10-2-6-12(21)7-3-10)14(17(27)18(25)28)16(26)11-4-8-13(22)9-5-11/h2-9,15,26H,1H3/b16-14+. The summed E-state index contributed by atoms with van der Waals surface area (Å²) in [5.74, 6) is -1.88. The Kier molecular flexibility index (Phi) is 5.84. The van der Waals surface area contributed by atoms with E-state index in [9.17, 15) is 14.7 Å². The summed E-state index contributed by atoms with van der Waals surface area (Å²) in [6.07, 6.45) is 1.84. The van der Waals surface area contributed by atoms with E-state index in [1.165, 1.54) is 28.0 Å². The molecule has 4 rings (SSSR count). The molecule has 30 heavy (non-hydrogen) atoms. The van der Waals surface area contributed by atoms with Crippen LogP contribution >= 0.6 is 46.3 Å². The SMILES string of the molecule is CSc1nnc(N2C(=O)C(=O)/C(=C(/O)c3ccc(Cl)cc3)C2c2ccc(Cl)cc2)s1. The smallest absolute Gasteiger partial charge is 0.301 e. The average molecular weight is 478 g/mol. The third-order valence-electron chi connectivity index (χ3n) is 4.52. The van der Waals surface area contributed by atoms with Gasteiger partial charge in [0.2, 0.25) is 5.13 Å². The largest absolute Gasteiger partial charge is 0.507 e. The third kappa shape index (κ3) is 3.72. The van der Waals surface area contributed by atoms with Gasteiger partial charge in [-0.15, -0.1) is 10.2 Å². The number of carbonyl (C=O) groups excluding carboxylic acids is 2. The number of rotatable bonds is 4. The molecule has 0 aliphatic carbocycles. The zero-order valence-electron chi connectivity index (χ0n) is 15.4. The van der Waals surface area contributed by atoms with Crippen LogP contribution in [0.4, 0.5) is 5.13 Å². The van der Waals surface area contributed by atoms with Crippen LogP contribution in [0.5, 0.6) is 0 Å². The number of anilines is 1. The van der Waals surface area contributed by atoms with Gasteiger partial charge in [0.25, 0.3) is 5.78 Å². The van der Waals surface area contributed by atoms with Crippen LogP contribution in [0.3, 0.4) is 0 Å². The number of benzene rings is 2. The van der Waals surface area contributed by atoms with Gasteiger partial charge in [-0.25, -0.2) is 0 Å². The molecule has 1 unspecified atom stereocenters. The van der Waals surface area contributed by atoms with Crippen LogP contribution in [-0.4, -0.2) is 33.3 Å². The second kappa shape index (κ2) is 8.39. The molecule has 2 heterocycles. The second-order valence-electron chi connectivity index (χ2n) is 6.28. The minimum absolute atomic E-state index is 0.0365. The van der Waals surface area contributed by atoms with Crippen molar-refractivity contribution in [2.75, 3.05) is 11.2 Å². The summed E-state index contributed by atoms with van der Waals surface area (Å²) in [4.78, 5) is 27.2. The summed E-state index contributed by atoms with van der Waals surface area (Å²) in [6.45, 7) is 0. The highest BCUT2D eigenvalue weighted by atomic mass is 35.5. The van der Waals surface area contributed by atoms with Crippen LogP contribution < -0.4 is 4.90 Å². The predicted molar refractivity (Wildman–Crippen MR) is 119 cm³/mol. The molecule has 1 atom stereocenters. The van der Waals surface area contributed by atoms with E-state index in [0.717, 1.165) is 0 Å². The number of aliphatic hydroxyl groups excluding tert-OH is 1. The van der Waals surface area contributed by atoms with Gasteiger partial charge in [0.1, 0.15) is 5.76 Å².